The third kappa shape index (κ3) is 6.41. The van der Waals surface area contributed by atoms with Gasteiger partial charge < -0.3 is 9.64 Å². The number of rotatable bonds is 8. The Kier molecular flexibility index (Phi) is 8.89. The Morgan fingerprint density at radius 3 is 2.45 bits per heavy atom. The summed E-state index contributed by atoms with van der Waals surface area (Å²) in [6.45, 7) is 5.54. The van der Waals surface area contributed by atoms with Crippen LogP contribution < -0.4 is 0 Å². The first kappa shape index (κ1) is 28.0. The van der Waals surface area contributed by atoms with Gasteiger partial charge in [0.25, 0.3) is 11.8 Å². The van der Waals surface area contributed by atoms with E-state index in [1.165, 1.54) is 16.0 Å². The van der Waals surface area contributed by atoms with Gasteiger partial charge in [-0.15, -0.1) is 0 Å². The molecular formula is C31H32ClFN4O3. The van der Waals surface area contributed by atoms with Crippen molar-refractivity contribution in [2.75, 3.05) is 45.9 Å². The molecule has 1 atom stereocenters. The second-order valence-corrected chi connectivity index (χ2v) is 10.5. The van der Waals surface area contributed by atoms with Gasteiger partial charge in [-0.3, -0.25) is 14.5 Å². The molecule has 40 heavy (non-hydrogen) atoms. The first-order valence-corrected chi connectivity index (χ1v) is 13.8. The number of hydrazone groups is 1. The van der Waals surface area contributed by atoms with Gasteiger partial charge in [-0.25, -0.2) is 9.40 Å². The maximum absolute atomic E-state index is 14.7. The van der Waals surface area contributed by atoms with Crippen LogP contribution in [0.3, 0.4) is 0 Å². The summed E-state index contributed by atoms with van der Waals surface area (Å²) in [5.41, 5.74) is 3.19. The Bertz CT molecular complexity index is 1390. The first-order chi connectivity index (χ1) is 19.4. The second kappa shape index (κ2) is 12.7. The van der Waals surface area contributed by atoms with Gasteiger partial charge in [0.05, 0.1) is 35.6 Å². The van der Waals surface area contributed by atoms with Crippen LogP contribution in [0, 0.1) is 12.7 Å². The highest BCUT2D eigenvalue weighted by atomic mass is 35.5. The molecule has 0 aliphatic carbocycles. The van der Waals surface area contributed by atoms with E-state index in [4.69, 9.17) is 16.3 Å². The molecular weight excluding hydrogens is 531 g/mol. The first-order valence-electron chi connectivity index (χ1n) is 13.5. The highest BCUT2D eigenvalue weighted by Gasteiger charge is 2.35. The monoisotopic (exact) mass is 562 g/mol. The van der Waals surface area contributed by atoms with Crippen LogP contribution in [0.4, 0.5) is 4.39 Å². The number of benzene rings is 3. The highest BCUT2D eigenvalue weighted by Crippen LogP contribution is 2.34. The van der Waals surface area contributed by atoms with Crippen molar-refractivity contribution in [2.45, 2.75) is 19.4 Å². The molecule has 0 spiro atoms. The molecule has 1 fully saturated rings. The van der Waals surface area contributed by atoms with Crippen molar-refractivity contribution in [3.05, 3.63) is 106 Å². The predicted octanol–water partition coefficient (Wildman–Crippen LogP) is 4.94. The Hall–Kier alpha value is -3.59. The Balaban J connectivity index is 1.43. The molecule has 2 aliphatic rings. The molecule has 0 saturated carbocycles. The van der Waals surface area contributed by atoms with Crippen molar-refractivity contribution in [3.8, 4) is 0 Å². The summed E-state index contributed by atoms with van der Waals surface area (Å²) in [5.74, 6) is -1.06. The Labute approximate surface area is 238 Å². The van der Waals surface area contributed by atoms with Crippen LogP contribution in [0.2, 0.25) is 5.02 Å². The molecule has 2 amide bonds. The zero-order valence-electron chi connectivity index (χ0n) is 22.4. The van der Waals surface area contributed by atoms with Crippen LogP contribution >= 0.6 is 11.6 Å². The normalized spacial score (nSPS) is 17.5. The van der Waals surface area contributed by atoms with Crippen molar-refractivity contribution in [1.29, 1.82) is 0 Å². The number of hydrogen-bond donors (Lipinski definition) is 0. The van der Waals surface area contributed by atoms with E-state index in [1.807, 2.05) is 31.2 Å². The molecule has 0 aromatic heterocycles. The van der Waals surface area contributed by atoms with E-state index >= 15 is 0 Å². The number of nitrogens with zero attached hydrogens (tertiary/aromatic N) is 4. The van der Waals surface area contributed by atoms with Gasteiger partial charge in [-0.2, -0.15) is 5.10 Å². The van der Waals surface area contributed by atoms with Crippen LogP contribution in [0.15, 0.2) is 77.9 Å². The number of aryl methyl sites for hydroxylation is 1. The lowest BCUT2D eigenvalue weighted by molar-refractivity contribution is -0.133. The van der Waals surface area contributed by atoms with E-state index in [9.17, 15) is 14.0 Å². The average molecular weight is 563 g/mol. The van der Waals surface area contributed by atoms with Crippen molar-refractivity contribution in [2.24, 2.45) is 5.10 Å². The standard InChI is InChI=1S/C31H32ClFN4O3/c1-22-10-12-23(13-11-22)29-20-28(25-7-3-5-9-27(25)33)34-37(29)30(38)21-36(15-14-35-16-18-40-19-17-35)31(39)24-6-2-4-8-26(24)32/h2-13,29H,14-21H2,1H3. The summed E-state index contributed by atoms with van der Waals surface area (Å²) in [6.07, 6.45) is 0.363. The molecule has 208 valence electrons. The van der Waals surface area contributed by atoms with E-state index in [0.29, 0.717) is 54.6 Å². The van der Waals surface area contributed by atoms with Crippen molar-refractivity contribution >= 4 is 29.1 Å². The van der Waals surface area contributed by atoms with Gasteiger partial charge in [0.2, 0.25) is 0 Å². The summed E-state index contributed by atoms with van der Waals surface area (Å²) in [6, 6.07) is 20.7. The van der Waals surface area contributed by atoms with Gasteiger partial charge in [0.1, 0.15) is 12.4 Å². The van der Waals surface area contributed by atoms with Gasteiger partial charge in [0.15, 0.2) is 0 Å². The van der Waals surface area contributed by atoms with Crippen LogP contribution in [0.1, 0.15) is 39.5 Å². The third-order valence-electron chi connectivity index (χ3n) is 7.32. The van der Waals surface area contributed by atoms with E-state index in [1.54, 1.807) is 42.5 Å². The number of amides is 2. The molecule has 1 saturated heterocycles. The number of carbonyl (C=O) groups excluding carboxylic acids is 2. The molecule has 0 bridgehead atoms. The number of hydrogen-bond acceptors (Lipinski definition) is 5. The fourth-order valence-corrected chi connectivity index (χ4v) is 5.24. The fourth-order valence-electron chi connectivity index (χ4n) is 5.03. The second-order valence-electron chi connectivity index (χ2n) is 10.1. The van der Waals surface area contributed by atoms with Crippen LogP contribution in [-0.2, 0) is 9.53 Å². The van der Waals surface area contributed by atoms with Gasteiger partial charge >= 0.3 is 0 Å². The summed E-state index contributed by atoms with van der Waals surface area (Å²) in [5, 5.41) is 6.36. The molecule has 2 heterocycles. The quantitative estimate of drug-likeness (QED) is 0.390. The Morgan fingerprint density at radius 2 is 1.73 bits per heavy atom. The summed E-state index contributed by atoms with van der Waals surface area (Å²) >= 11 is 6.37. The minimum atomic E-state index is -0.417. The summed E-state index contributed by atoms with van der Waals surface area (Å²) in [4.78, 5) is 31.3. The zero-order chi connectivity index (χ0) is 28.1. The number of ether oxygens (including phenoxy) is 1. The van der Waals surface area contributed by atoms with Gasteiger partial charge in [-0.05, 0) is 30.7 Å². The van der Waals surface area contributed by atoms with Crippen LogP contribution in [0.5, 0.6) is 0 Å². The summed E-state index contributed by atoms with van der Waals surface area (Å²) < 4.78 is 20.2. The van der Waals surface area contributed by atoms with E-state index in [2.05, 4.69) is 10.0 Å². The van der Waals surface area contributed by atoms with Gasteiger partial charge in [-0.1, -0.05) is 71.8 Å². The van der Waals surface area contributed by atoms with E-state index < -0.39 is 6.04 Å². The maximum atomic E-state index is 14.7. The summed E-state index contributed by atoms with van der Waals surface area (Å²) in [7, 11) is 0. The minimum absolute atomic E-state index is 0.190. The zero-order valence-corrected chi connectivity index (χ0v) is 23.2. The SMILES string of the molecule is Cc1ccc(C2CC(c3ccccc3F)=NN2C(=O)CN(CCN2CCOCC2)C(=O)c2ccccc2Cl)cc1. The topological polar surface area (TPSA) is 65.5 Å². The lowest BCUT2D eigenvalue weighted by Crippen LogP contribution is -2.46. The molecule has 7 nitrogen and oxygen atoms in total. The van der Waals surface area contributed by atoms with E-state index in [0.717, 1.165) is 24.2 Å². The third-order valence-corrected chi connectivity index (χ3v) is 7.65. The number of carbonyl (C=O) groups is 2. The van der Waals surface area contributed by atoms with E-state index in [-0.39, 0.29) is 24.2 Å². The number of morpholine rings is 1. The van der Waals surface area contributed by atoms with Gasteiger partial charge in [0, 0.05) is 38.2 Å². The maximum Gasteiger partial charge on any atom is 0.262 e. The minimum Gasteiger partial charge on any atom is -0.379 e. The van der Waals surface area contributed by atoms with Crippen molar-refractivity contribution in [1.82, 2.24) is 14.8 Å². The average Bonchev–Trinajstić information content (AvgIpc) is 3.42. The predicted molar refractivity (Wildman–Crippen MR) is 153 cm³/mol. The molecule has 0 radical (unpaired) electrons. The molecule has 0 N–H and O–H groups in total. The fraction of sp³-hybridized carbons (Fsp3) is 0.323. The van der Waals surface area contributed by atoms with Crippen molar-refractivity contribution in [3.63, 3.8) is 0 Å². The number of halogens is 2. The lowest BCUT2D eigenvalue weighted by Gasteiger charge is -2.31. The van der Waals surface area contributed by atoms with Crippen LogP contribution in [0.25, 0.3) is 0 Å². The van der Waals surface area contributed by atoms with Crippen molar-refractivity contribution < 1.29 is 18.7 Å². The smallest absolute Gasteiger partial charge is 0.262 e. The highest BCUT2D eigenvalue weighted by molar-refractivity contribution is 6.33. The largest absolute Gasteiger partial charge is 0.379 e. The molecule has 2 aliphatic heterocycles. The molecule has 5 rings (SSSR count). The molecule has 3 aromatic carbocycles. The molecule has 3 aromatic rings. The Morgan fingerprint density at radius 1 is 1.02 bits per heavy atom. The molecule has 9 heteroatoms. The lowest BCUT2D eigenvalue weighted by atomic mass is 9.97. The molecule has 1 unspecified atom stereocenters. The van der Waals surface area contributed by atoms with Crippen LogP contribution in [-0.4, -0.2) is 78.3 Å².